The van der Waals surface area contributed by atoms with E-state index in [9.17, 15) is 0 Å². The molecule has 62 valence electrons. The van der Waals surface area contributed by atoms with Crippen molar-refractivity contribution in [3.05, 3.63) is 11.8 Å². The molecule has 0 unspecified atom stereocenters. The summed E-state index contributed by atoms with van der Waals surface area (Å²) >= 11 is 0. The highest BCUT2D eigenvalue weighted by atomic mass is 14.8. The summed E-state index contributed by atoms with van der Waals surface area (Å²) in [5.74, 6) is 0. The second-order valence-corrected chi connectivity index (χ2v) is 3.13. The molecule has 2 heteroatoms. The van der Waals surface area contributed by atoms with Gasteiger partial charge in [-0.05, 0) is 31.5 Å². The van der Waals surface area contributed by atoms with E-state index in [0.717, 1.165) is 5.57 Å². The van der Waals surface area contributed by atoms with Gasteiger partial charge in [-0.3, -0.25) is 4.99 Å². The Labute approximate surface area is 68.2 Å². The molecule has 1 rings (SSSR count). The van der Waals surface area contributed by atoms with Crippen LogP contribution in [-0.2, 0) is 0 Å². The van der Waals surface area contributed by atoms with Crippen LogP contribution in [0.15, 0.2) is 16.8 Å². The molecule has 0 aromatic carbocycles. The van der Waals surface area contributed by atoms with E-state index in [2.05, 4.69) is 4.99 Å². The minimum absolute atomic E-state index is 0.574. The molecule has 2 nitrogen and oxygen atoms in total. The Hall–Kier alpha value is -0.790. The minimum atomic E-state index is 0.574. The Morgan fingerprint density at radius 3 is 2.64 bits per heavy atom. The van der Waals surface area contributed by atoms with Gasteiger partial charge < -0.3 is 5.73 Å². The van der Waals surface area contributed by atoms with Gasteiger partial charge in [0.15, 0.2) is 0 Å². The number of allylic oxidation sites excluding steroid dienone is 1. The summed E-state index contributed by atoms with van der Waals surface area (Å²) in [5.41, 5.74) is 6.36. The van der Waals surface area contributed by atoms with Crippen molar-refractivity contribution in [1.29, 1.82) is 0 Å². The number of rotatable bonds is 2. The maximum absolute atomic E-state index is 5.30. The van der Waals surface area contributed by atoms with Crippen molar-refractivity contribution in [2.24, 2.45) is 10.7 Å². The van der Waals surface area contributed by atoms with E-state index in [1.54, 1.807) is 6.20 Å². The van der Waals surface area contributed by atoms with Crippen LogP contribution in [0.3, 0.4) is 0 Å². The third-order valence-corrected chi connectivity index (χ3v) is 2.08. The topological polar surface area (TPSA) is 38.4 Å². The molecule has 2 N–H and O–H groups in total. The highest BCUT2D eigenvalue weighted by Crippen LogP contribution is 2.20. The monoisotopic (exact) mass is 152 g/mol. The van der Waals surface area contributed by atoms with Crippen molar-refractivity contribution in [3.63, 3.8) is 0 Å². The molecule has 11 heavy (non-hydrogen) atoms. The maximum Gasteiger partial charge on any atom is 0.0499 e. The highest BCUT2D eigenvalue weighted by molar-refractivity contribution is 5.77. The van der Waals surface area contributed by atoms with E-state index in [-0.39, 0.29) is 0 Å². The smallest absolute Gasteiger partial charge is 0.0499 e. The normalized spacial score (nSPS) is 21.7. The van der Waals surface area contributed by atoms with Gasteiger partial charge in [0.05, 0.1) is 0 Å². The Morgan fingerprint density at radius 1 is 1.45 bits per heavy atom. The Bertz CT molecular complexity index is 164. The summed E-state index contributed by atoms with van der Waals surface area (Å²) in [6.45, 7) is 1.97. The number of nitrogens with zero attached hydrogens (tertiary/aromatic N) is 1. The highest BCUT2D eigenvalue weighted by Gasteiger charge is 2.11. The lowest BCUT2D eigenvalue weighted by molar-refractivity contribution is 0.710. The van der Waals surface area contributed by atoms with Gasteiger partial charge in [0.25, 0.3) is 0 Å². The quantitative estimate of drug-likeness (QED) is 0.603. The van der Waals surface area contributed by atoms with E-state index >= 15 is 0 Å². The van der Waals surface area contributed by atoms with Gasteiger partial charge in [0.1, 0.15) is 0 Å². The van der Waals surface area contributed by atoms with Crippen molar-refractivity contribution in [2.45, 2.75) is 38.6 Å². The molecule has 1 aliphatic rings. The van der Waals surface area contributed by atoms with Gasteiger partial charge in [0.2, 0.25) is 0 Å². The van der Waals surface area contributed by atoms with E-state index < -0.39 is 0 Å². The molecule has 0 aromatic heterocycles. The molecule has 0 aromatic rings. The van der Waals surface area contributed by atoms with Gasteiger partial charge in [-0.1, -0.05) is 12.8 Å². The molecule has 1 saturated carbocycles. The van der Waals surface area contributed by atoms with E-state index in [4.69, 9.17) is 5.73 Å². The number of aliphatic imine (C=N–C) groups is 1. The van der Waals surface area contributed by atoms with Crippen LogP contribution >= 0.6 is 0 Å². The third kappa shape index (κ3) is 2.74. The van der Waals surface area contributed by atoms with Gasteiger partial charge >= 0.3 is 0 Å². The second kappa shape index (κ2) is 4.16. The molecule has 0 radical (unpaired) electrons. The van der Waals surface area contributed by atoms with E-state index in [0.29, 0.717) is 6.04 Å². The molecule has 0 heterocycles. The Morgan fingerprint density at radius 2 is 2.09 bits per heavy atom. The predicted octanol–water partition coefficient (Wildman–Crippen LogP) is 1.86. The summed E-state index contributed by atoms with van der Waals surface area (Å²) in [6, 6.07) is 0.574. The van der Waals surface area contributed by atoms with Gasteiger partial charge in [-0.2, -0.15) is 0 Å². The van der Waals surface area contributed by atoms with Crippen LogP contribution in [0.4, 0.5) is 0 Å². The molecule has 1 aliphatic carbocycles. The first kappa shape index (κ1) is 8.31. The fourth-order valence-corrected chi connectivity index (χ4v) is 1.32. The van der Waals surface area contributed by atoms with Gasteiger partial charge in [-0.15, -0.1) is 0 Å². The van der Waals surface area contributed by atoms with Crippen molar-refractivity contribution >= 4 is 6.21 Å². The van der Waals surface area contributed by atoms with Crippen molar-refractivity contribution < 1.29 is 0 Å². The average Bonchev–Trinajstić information content (AvgIpc) is 2.52. The maximum atomic E-state index is 5.30. The lowest BCUT2D eigenvalue weighted by atomic mass is 10.2. The number of nitrogens with two attached hydrogens (primary N) is 1. The number of hydrogen-bond donors (Lipinski definition) is 1. The molecule has 1 fully saturated rings. The fourth-order valence-electron chi connectivity index (χ4n) is 1.32. The lowest BCUT2D eigenvalue weighted by Gasteiger charge is -1.99. The summed E-state index contributed by atoms with van der Waals surface area (Å²) < 4.78 is 0. The zero-order chi connectivity index (χ0) is 8.10. The first-order valence-electron chi connectivity index (χ1n) is 4.24. The predicted molar refractivity (Wildman–Crippen MR) is 48.7 cm³/mol. The largest absolute Gasteiger partial charge is 0.404 e. The fraction of sp³-hybridized carbons (Fsp3) is 0.667. The second-order valence-electron chi connectivity index (χ2n) is 3.13. The molecule has 0 spiro atoms. The van der Waals surface area contributed by atoms with E-state index in [1.807, 2.05) is 13.1 Å². The standard InChI is InChI=1S/C9H16N2/c1-8(6-10)7-11-9-4-2-3-5-9/h6-7,9H,2-5,10H2,1H3. The van der Waals surface area contributed by atoms with Crippen LogP contribution < -0.4 is 5.73 Å². The summed E-state index contributed by atoms with van der Waals surface area (Å²) in [6.07, 6.45) is 8.68. The lowest BCUT2D eigenvalue weighted by Crippen LogP contribution is -1.97. The van der Waals surface area contributed by atoms with Crippen LogP contribution in [0.2, 0.25) is 0 Å². The van der Waals surface area contributed by atoms with Crippen LogP contribution in [0.25, 0.3) is 0 Å². The zero-order valence-corrected chi connectivity index (χ0v) is 7.09. The third-order valence-electron chi connectivity index (χ3n) is 2.08. The zero-order valence-electron chi connectivity index (χ0n) is 7.09. The van der Waals surface area contributed by atoms with Gasteiger partial charge in [0, 0.05) is 12.3 Å². The van der Waals surface area contributed by atoms with Crippen molar-refractivity contribution in [1.82, 2.24) is 0 Å². The molecule has 0 bridgehead atoms. The van der Waals surface area contributed by atoms with Gasteiger partial charge in [-0.25, -0.2) is 0 Å². The summed E-state index contributed by atoms with van der Waals surface area (Å²) in [5, 5.41) is 0. The summed E-state index contributed by atoms with van der Waals surface area (Å²) in [4.78, 5) is 4.42. The van der Waals surface area contributed by atoms with E-state index in [1.165, 1.54) is 25.7 Å². The molecule has 0 aliphatic heterocycles. The minimum Gasteiger partial charge on any atom is -0.404 e. The first-order valence-corrected chi connectivity index (χ1v) is 4.24. The average molecular weight is 152 g/mol. The van der Waals surface area contributed by atoms with Crippen LogP contribution in [0.5, 0.6) is 0 Å². The van der Waals surface area contributed by atoms with Crippen molar-refractivity contribution in [2.75, 3.05) is 0 Å². The molecule has 0 amide bonds. The molecular formula is C9H16N2. The Kier molecular flexibility index (Phi) is 3.14. The van der Waals surface area contributed by atoms with Crippen LogP contribution in [0, 0.1) is 0 Å². The molecular weight excluding hydrogens is 136 g/mol. The SMILES string of the molecule is CC(C=NC1CCCC1)=CN. The van der Waals surface area contributed by atoms with Crippen LogP contribution in [-0.4, -0.2) is 12.3 Å². The summed E-state index contributed by atoms with van der Waals surface area (Å²) in [7, 11) is 0. The Balaban J connectivity index is 2.33. The number of hydrogen-bond acceptors (Lipinski definition) is 2. The van der Waals surface area contributed by atoms with Crippen LogP contribution in [0.1, 0.15) is 32.6 Å². The molecule has 0 saturated heterocycles. The molecule has 0 atom stereocenters. The first-order chi connectivity index (χ1) is 5.33. The van der Waals surface area contributed by atoms with Crippen molar-refractivity contribution in [3.8, 4) is 0 Å².